The predicted molar refractivity (Wildman–Crippen MR) is 120 cm³/mol. The minimum atomic E-state index is -0.459. The lowest BCUT2D eigenvalue weighted by molar-refractivity contribution is 0.415. The summed E-state index contributed by atoms with van der Waals surface area (Å²) in [5, 5.41) is 0.661. The Morgan fingerprint density at radius 2 is 1.90 bits per heavy atom. The van der Waals surface area contributed by atoms with Crippen LogP contribution in [0, 0.1) is 0 Å². The van der Waals surface area contributed by atoms with Crippen LogP contribution in [-0.2, 0) is 6.42 Å². The van der Waals surface area contributed by atoms with E-state index in [2.05, 4.69) is 16.0 Å². The van der Waals surface area contributed by atoms with Crippen LogP contribution in [-0.4, -0.2) is 17.1 Å². The van der Waals surface area contributed by atoms with Gasteiger partial charge in [-0.3, -0.25) is 9.78 Å². The molecule has 5 nitrogen and oxygen atoms in total. The maximum Gasteiger partial charge on any atom is 0.325 e. The molecule has 30 heavy (non-hydrogen) atoms. The predicted octanol–water partition coefficient (Wildman–Crippen LogP) is 4.67. The summed E-state index contributed by atoms with van der Waals surface area (Å²) in [5.41, 5.74) is 3.81. The maximum absolute atomic E-state index is 12.6. The monoisotopic (exact) mass is 422 g/mol. The van der Waals surface area contributed by atoms with E-state index in [-0.39, 0.29) is 11.5 Å². The minimum Gasteiger partial charge on any atom is -0.497 e. The number of aromatic amines is 2. The molecule has 6 heteroatoms. The lowest BCUT2D eigenvalue weighted by atomic mass is 9.83. The summed E-state index contributed by atoms with van der Waals surface area (Å²) in [6.45, 7) is 0. The van der Waals surface area contributed by atoms with Crippen molar-refractivity contribution in [2.45, 2.75) is 31.6 Å². The lowest BCUT2D eigenvalue weighted by Gasteiger charge is -2.24. The topological polar surface area (TPSA) is 75.0 Å². The van der Waals surface area contributed by atoms with Gasteiger partial charge in [0, 0.05) is 23.6 Å². The molecule has 0 spiro atoms. The molecule has 0 bridgehead atoms. The number of hydrogen-bond acceptors (Lipinski definition) is 3. The molecule has 1 aliphatic rings. The van der Waals surface area contributed by atoms with Crippen molar-refractivity contribution in [1.82, 2.24) is 9.97 Å². The number of methoxy groups -OCH3 is 1. The van der Waals surface area contributed by atoms with E-state index in [9.17, 15) is 9.59 Å². The second-order valence-corrected chi connectivity index (χ2v) is 7.92. The highest BCUT2D eigenvalue weighted by Gasteiger charge is 2.23. The Hall–Kier alpha value is -3.05. The summed E-state index contributed by atoms with van der Waals surface area (Å²) < 4.78 is 5.23. The molecule has 1 aromatic heterocycles. The third-order valence-electron chi connectivity index (χ3n) is 5.64. The van der Waals surface area contributed by atoms with E-state index in [1.807, 2.05) is 48.5 Å². The van der Waals surface area contributed by atoms with Crippen molar-refractivity contribution in [1.29, 1.82) is 0 Å². The highest BCUT2D eigenvalue weighted by atomic mass is 35.5. The van der Waals surface area contributed by atoms with E-state index in [0.717, 1.165) is 41.8 Å². The van der Waals surface area contributed by atoms with E-state index < -0.39 is 5.69 Å². The largest absolute Gasteiger partial charge is 0.497 e. The molecular weight excluding hydrogens is 400 g/mol. The van der Waals surface area contributed by atoms with Gasteiger partial charge in [0.2, 0.25) is 0 Å². The Kier molecular flexibility index (Phi) is 5.91. The average molecular weight is 423 g/mol. The summed E-state index contributed by atoms with van der Waals surface area (Å²) in [5.74, 6) is 0.809. The maximum atomic E-state index is 12.6. The van der Waals surface area contributed by atoms with E-state index in [0.29, 0.717) is 17.0 Å². The van der Waals surface area contributed by atoms with Gasteiger partial charge in [0.25, 0.3) is 5.56 Å². The quantitative estimate of drug-likeness (QED) is 0.627. The summed E-state index contributed by atoms with van der Waals surface area (Å²) in [4.78, 5) is 29.9. The van der Waals surface area contributed by atoms with Crippen molar-refractivity contribution < 1.29 is 4.74 Å². The van der Waals surface area contributed by atoms with Gasteiger partial charge >= 0.3 is 5.69 Å². The fourth-order valence-electron chi connectivity index (χ4n) is 4.08. The van der Waals surface area contributed by atoms with Crippen molar-refractivity contribution in [2.24, 2.45) is 0 Å². The molecule has 4 rings (SSSR count). The van der Waals surface area contributed by atoms with E-state index in [1.54, 1.807) is 7.11 Å². The highest BCUT2D eigenvalue weighted by molar-refractivity contribution is 6.32. The van der Waals surface area contributed by atoms with Gasteiger partial charge < -0.3 is 9.72 Å². The van der Waals surface area contributed by atoms with Gasteiger partial charge in [0.05, 0.1) is 12.1 Å². The number of halogens is 1. The fourth-order valence-corrected chi connectivity index (χ4v) is 4.37. The number of aromatic nitrogens is 2. The number of ether oxygens (including phenoxy) is 1. The summed E-state index contributed by atoms with van der Waals surface area (Å²) in [6, 6.07) is 15.5. The fraction of sp³-hybridized carbons (Fsp3) is 0.250. The number of H-pyrrole nitrogens is 2. The SMILES string of the molecule is COc1ccc(C2=CCC(c3[nH]c(=O)[nH]c(=O)c3Cc3ccccc3)CC2)c(Cl)c1. The molecule has 2 aromatic carbocycles. The molecular formula is C24H23ClN2O3. The van der Waals surface area contributed by atoms with Crippen molar-refractivity contribution in [3.8, 4) is 5.75 Å². The zero-order chi connectivity index (χ0) is 21.1. The Labute approximate surface area is 179 Å². The van der Waals surface area contributed by atoms with Gasteiger partial charge in [0.15, 0.2) is 0 Å². The van der Waals surface area contributed by atoms with Gasteiger partial charge in [-0.25, -0.2) is 4.79 Å². The Morgan fingerprint density at radius 3 is 2.57 bits per heavy atom. The number of allylic oxidation sites excluding steroid dienone is 2. The molecule has 0 saturated heterocycles. The smallest absolute Gasteiger partial charge is 0.325 e. The second-order valence-electron chi connectivity index (χ2n) is 7.51. The van der Waals surface area contributed by atoms with E-state index in [4.69, 9.17) is 16.3 Å². The van der Waals surface area contributed by atoms with Crippen molar-refractivity contribution >= 4 is 17.2 Å². The number of rotatable bonds is 5. The molecule has 3 aromatic rings. The standard InChI is InChI=1S/C24H23ClN2O3/c1-30-18-11-12-19(21(25)14-18)16-7-9-17(10-8-16)22-20(23(28)27-24(29)26-22)13-15-5-3-2-4-6-15/h2-7,11-12,14,17H,8-10,13H2,1H3,(H2,26,27,28,29). The lowest BCUT2D eigenvalue weighted by Crippen LogP contribution is -2.30. The van der Waals surface area contributed by atoms with Crippen molar-refractivity contribution in [3.05, 3.63) is 103 Å². The Balaban J connectivity index is 1.63. The van der Waals surface area contributed by atoms with Crippen LogP contribution in [0.1, 0.15) is 47.6 Å². The van der Waals surface area contributed by atoms with Gasteiger partial charge in [-0.05, 0) is 54.2 Å². The molecule has 0 fully saturated rings. The molecule has 0 radical (unpaired) electrons. The Bertz CT molecular complexity index is 1200. The number of benzene rings is 2. The average Bonchev–Trinajstić information content (AvgIpc) is 2.76. The van der Waals surface area contributed by atoms with Crippen molar-refractivity contribution in [3.63, 3.8) is 0 Å². The van der Waals surface area contributed by atoms with E-state index in [1.165, 1.54) is 5.57 Å². The molecule has 1 aliphatic carbocycles. The zero-order valence-corrected chi connectivity index (χ0v) is 17.5. The van der Waals surface area contributed by atoms with Crippen LogP contribution in [0.4, 0.5) is 0 Å². The normalized spacial score (nSPS) is 16.2. The number of nitrogens with one attached hydrogen (secondary N) is 2. The van der Waals surface area contributed by atoms with Crippen LogP contribution < -0.4 is 16.0 Å². The molecule has 2 N–H and O–H groups in total. The molecule has 154 valence electrons. The summed E-state index contributed by atoms with van der Waals surface area (Å²) in [6.07, 6.45) is 5.03. The van der Waals surface area contributed by atoms with Gasteiger partial charge in [0.1, 0.15) is 5.75 Å². The number of hydrogen-bond donors (Lipinski definition) is 2. The van der Waals surface area contributed by atoms with Crippen LogP contribution in [0.15, 0.2) is 64.2 Å². The van der Waals surface area contributed by atoms with Crippen molar-refractivity contribution in [2.75, 3.05) is 7.11 Å². The minimum absolute atomic E-state index is 0.0829. The summed E-state index contributed by atoms with van der Waals surface area (Å²) in [7, 11) is 1.62. The third kappa shape index (κ3) is 4.26. The first-order valence-corrected chi connectivity index (χ1v) is 10.3. The molecule has 1 atom stereocenters. The first-order valence-electron chi connectivity index (χ1n) is 9.97. The molecule has 1 unspecified atom stereocenters. The highest BCUT2D eigenvalue weighted by Crippen LogP contribution is 2.38. The first-order chi connectivity index (χ1) is 14.5. The van der Waals surface area contributed by atoms with E-state index >= 15 is 0 Å². The van der Waals surface area contributed by atoms with Crippen LogP contribution in [0.5, 0.6) is 5.75 Å². The van der Waals surface area contributed by atoms with Crippen LogP contribution in [0.25, 0.3) is 5.57 Å². The second kappa shape index (κ2) is 8.76. The molecule has 0 amide bonds. The van der Waals surface area contributed by atoms with Crippen LogP contribution in [0.3, 0.4) is 0 Å². The van der Waals surface area contributed by atoms with Crippen LogP contribution in [0.2, 0.25) is 5.02 Å². The third-order valence-corrected chi connectivity index (χ3v) is 5.95. The van der Waals surface area contributed by atoms with Gasteiger partial charge in [-0.2, -0.15) is 0 Å². The summed E-state index contributed by atoms with van der Waals surface area (Å²) >= 11 is 6.44. The molecule has 1 heterocycles. The molecule has 0 saturated carbocycles. The zero-order valence-electron chi connectivity index (χ0n) is 16.7. The van der Waals surface area contributed by atoms with Gasteiger partial charge in [-0.15, -0.1) is 0 Å². The first kappa shape index (κ1) is 20.2. The Morgan fingerprint density at radius 1 is 1.10 bits per heavy atom. The van der Waals surface area contributed by atoms with Crippen LogP contribution >= 0.6 is 11.6 Å². The van der Waals surface area contributed by atoms with Gasteiger partial charge in [-0.1, -0.05) is 48.0 Å². The molecule has 0 aliphatic heterocycles.